The average molecular weight is 220 g/mol. The normalized spacial score (nSPS) is 28.8. The Labute approximate surface area is 97.4 Å². The molecule has 0 aromatic carbocycles. The van der Waals surface area contributed by atoms with Crippen LogP contribution in [0.2, 0.25) is 0 Å². The maximum atomic E-state index is 12.3. The topological polar surface area (TPSA) is 46.3 Å². The number of nitrogens with zero attached hydrogens (tertiary/aromatic N) is 1. The summed E-state index contributed by atoms with van der Waals surface area (Å²) in [5.41, 5.74) is 5.96. The highest BCUT2D eigenvalue weighted by Gasteiger charge is 2.35. The molecule has 2 saturated carbocycles. The highest BCUT2D eigenvalue weighted by molar-refractivity contribution is 5.80. The first kappa shape index (κ1) is 11.5. The average Bonchev–Trinajstić information content (AvgIpc) is 2.98. The van der Waals surface area contributed by atoms with Crippen molar-refractivity contribution in [3.63, 3.8) is 0 Å². The van der Waals surface area contributed by atoms with Crippen molar-refractivity contribution in [1.29, 1.82) is 0 Å². The van der Waals surface area contributed by atoms with Crippen molar-refractivity contribution in [2.75, 3.05) is 13.1 Å². The number of hydrogen-bond acceptors (Lipinski definition) is 2. The molecule has 0 radical (unpaired) electrons. The van der Waals surface area contributed by atoms with Gasteiger partial charge in [-0.2, -0.15) is 0 Å². The first-order chi connectivity index (χ1) is 7.72. The number of rotatable bonds is 4. The van der Waals surface area contributed by atoms with Gasteiger partial charge in [-0.25, -0.2) is 0 Å². The van der Waals surface area contributed by atoms with E-state index < -0.39 is 0 Å². The van der Waals surface area contributed by atoms with Gasteiger partial charge in [0.2, 0.25) is 5.91 Å². The van der Waals surface area contributed by atoms with Crippen LogP contribution in [0.3, 0.4) is 0 Å². The maximum absolute atomic E-state index is 12.3. The van der Waals surface area contributed by atoms with E-state index in [1.54, 1.807) is 0 Å². The predicted molar refractivity (Wildman–Crippen MR) is 63.5 cm³/mol. The van der Waals surface area contributed by atoms with E-state index in [-0.39, 0.29) is 17.9 Å². The highest BCUT2D eigenvalue weighted by Crippen LogP contribution is 2.31. The zero-order valence-corrected chi connectivity index (χ0v) is 9.69. The van der Waals surface area contributed by atoms with Crippen molar-refractivity contribution in [2.24, 2.45) is 17.6 Å². The van der Waals surface area contributed by atoms with E-state index in [1.165, 1.54) is 12.8 Å². The van der Waals surface area contributed by atoms with Crippen molar-refractivity contribution >= 4 is 5.91 Å². The molecule has 1 amide bonds. The lowest BCUT2D eigenvalue weighted by atomic mass is 10.0. The summed E-state index contributed by atoms with van der Waals surface area (Å²) in [6, 6.07) is 0.0481. The molecule has 0 spiro atoms. The van der Waals surface area contributed by atoms with Gasteiger partial charge in [0.05, 0.1) is 12.5 Å². The van der Waals surface area contributed by atoms with E-state index in [0.717, 1.165) is 25.8 Å². The Hall–Kier alpha value is -1.01. The summed E-state index contributed by atoms with van der Waals surface area (Å²) in [7, 11) is 0. The molecule has 0 aromatic rings. The fraction of sp³-hybridized carbons (Fsp3) is 0.769. The Morgan fingerprint density at radius 3 is 2.62 bits per heavy atom. The van der Waals surface area contributed by atoms with Crippen LogP contribution in [0.1, 0.15) is 32.1 Å². The fourth-order valence-corrected chi connectivity index (χ4v) is 2.48. The molecule has 2 fully saturated rings. The SMILES string of the molecule is C#CCN(CC1CC1)C(=O)C1CCCC1N. The molecule has 3 nitrogen and oxygen atoms in total. The number of hydrogen-bond donors (Lipinski definition) is 1. The molecular weight excluding hydrogens is 200 g/mol. The predicted octanol–water partition coefficient (Wildman–Crippen LogP) is 0.986. The van der Waals surface area contributed by atoms with Crippen molar-refractivity contribution in [3.05, 3.63) is 0 Å². The minimum atomic E-state index is 0.0205. The van der Waals surface area contributed by atoms with Gasteiger partial charge in [0, 0.05) is 12.6 Å². The summed E-state index contributed by atoms with van der Waals surface area (Å²) in [5.74, 6) is 3.48. The monoisotopic (exact) mass is 220 g/mol. The fourth-order valence-electron chi connectivity index (χ4n) is 2.48. The van der Waals surface area contributed by atoms with Crippen LogP contribution in [0.25, 0.3) is 0 Å². The second-order valence-electron chi connectivity index (χ2n) is 5.07. The summed E-state index contributed by atoms with van der Waals surface area (Å²) in [5, 5.41) is 0. The first-order valence-corrected chi connectivity index (χ1v) is 6.20. The van der Waals surface area contributed by atoms with Gasteiger partial charge < -0.3 is 10.6 Å². The van der Waals surface area contributed by atoms with Crippen LogP contribution in [0, 0.1) is 24.2 Å². The van der Waals surface area contributed by atoms with Crippen LogP contribution in [-0.4, -0.2) is 29.9 Å². The number of carbonyl (C=O) groups is 1. The molecule has 2 N–H and O–H groups in total. The van der Waals surface area contributed by atoms with Crippen molar-refractivity contribution in [3.8, 4) is 12.3 Å². The molecule has 3 heteroatoms. The minimum Gasteiger partial charge on any atom is -0.331 e. The van der Waals surface area contributed by atoms with Crippen LogP contribution < -0.4 is 5.73 Å². The van der Waals surface area contributed by atoms with Gasteiger partial charge in [-0.1, -0.05) is 12.3 Å². The number of terminal acetylenes is 1. The van der Waals surface area contributed by atoms with E-state index in [9.17, 15) is 4.79 Å². The third-order valence-corrected chi connectivity index (χ3v) is 3.66. The summed E-state index contributed by atoms with van der Waals surface area (Å²) >= 11 is 0. The van der Waals surface area contributed by atoms with Crippen molar-refractivity contribution in [2.45, 2.75) is 38.1 Å². The van der Waals surface area contributed by atoms with E-state index in [0.29, 0.717) is 12.5 Å². The standard InChI is InChI=1S/C13H20N2O/c1-2-8-15(9-10-6-7-10)13(16)11-4-3-5-12(11)14/h1,10-12H,3-9,14H2. The van der Waals surface area contributed by atoms with Gasteiger partial charge >= 0.3 is 0 Å². The summed E-state index contributed by atoms with van der Waals surface area (Å²) in [6.07, 6.45) is 10.8. The van der Waals surface area contributed by atoms with E-state index in [4.69, 9.17) is 12.2 Å². The van der Waals surface area contributed by atoms with Crippen LogP contribution in [0.4, 0.5) is 0 Å². The Balaban J connectivity index is 1.95. The van der Waals surface area contributed by atoms with Crippen LogP contribution in [0.5, 0.6) is 0 Å². The van der Waals surface area contributed by atoms with Gasteiger partial charge in [0.1, 0.15) is 0 Å². The summed E-state index contributed by atoms with van der Waals surface area (Å²) in [4.78, 5) is 14.1. The third kappa shape index (κ3) is 2.56. The van der Waals surface area contributed by atoms with Crippen molar-refractivity contribution in [1.82, 2.24) is 4.90 Å². The molecule has 2 unspecified atom stereocenters. The lowest BCUT2D eigenvalue weighted by Gasteiger charge is -2.25. The van der Waals surface area contributed by atoms with Crippen LogP contribution in [0.15, 0.2) is 0 Å². The van der Waals surface area contributed by atoms with Gasteiger partial charge in [0.25, 0.3) is 0 Å². The zero-order chi connectivity index (χ0) is 11.5. The van der Waals surface area contributed by atoms with Gasteiger partial charge in [-0.3, -0.25) is 4.79 Å². The molecule has 0 saturated heterocycles. The number of carbonyl (C=O) groups excluding carboxylic acids is 1. The van der Waals surface area contributed by atoms with E-state index >= 15 is 0 Å². The molecule has 2 aliphatic carbocycles. The van der Waals surface area contributed by atoms with Crippen LogP contribution >= 0.6 is 0 Å². The largest absolute Gasteiger partial charge is 0.331 e. The molecule has 2 atom stereocenters. The quantitative estimate of drug-likeness (QED) is 0.718. The Morgan fingerprint density at radius 1 is 1.38 bits per heavy atom. The molecule has 16 heavy (non-hydrogen) atoms. The first-order valence-electron chi connectivity index (χ1n) is 6.20. The molecule has 88 valence electrons. The highest BCUT2D eigenvalue weighted by atomic mass is 16.2. The molecule has 0 bridgehead atoms. The zero-order valence-electron chi connectivity index (χ0n) is 9.69. The van der Waals surface area contributed by atoms with Gasteiger partial charge in [-0.15, -0.1) is 6.42 Å². The summed E-state index contributed by atoms with van der Waals surface area (Å²) < 4.78 is 0. The molecule has 2 rings (SSSR count). The van der Waals surface area contributed by atoms with Crippen molar-refractivity contribution < 1.29 is 4.79 Å². The molecule has 0 heterocycles. The molecule has 0 aliphatic heterocycles. The van der Waals surface area contributed by atoms with E-state index in [2.05, 4.69) is 5.92 Å². The Kier molecular flexibility index (Phi) is 3.50. The third-order valence-electron chi connectivity index (χ3n) is 3.66. The lowest BCUT2D eigenvalue weighted by molar-refractivity contribution is -0.135. The maximum Gasteiger partial charge on any atom is 0.228 e. The Morgan fingerprint density at radius 2 is 2.12 bits per heavy atom. The van der Waals surface area contributed by atoms with Gasteiger partial charge in [0.15, 0.2) is 0 Å². The number of amides is 1. The van der Waals surface area contributed by atoms with Crippen LogP contribution in [-0.2, 0) is 4.79 Å². The molecular formula is C13H20N2O. The number of nitrogens with two attached hydrogens (primary N) is 1. The second-order valence-corrected chi connectivity index (χ2v) is 5.07. The smallest absolute Gasteiger partial charge is 0.228 e. The molecule has 0 aromatic heterocycles. The Bertz CT molecular complexity index is 304. The lowest BCUT2D eigenvalue weighted by Crippen LogP contribution is -2.42. The van der Waals surface area contributed by atoms with E-state index in [1.807, 2.05) is 4.90 Å². The minimum absolute atomic E-state index is 0.0205. The van der Waals surface area contributed by atoms with Gasteiger partial charge in [-0.05, 0) is 31.6 Å². The summed E-state index contributed by atoms with van der Waals surface area (Å²) in [6.45, 7) is 1.28. The molecule has 2 aliphatic rings. The second kappa shape index (κ2) is 4.88.